The second-order valence-electron chi connectivity index (χ2n) is 6.13. The Hall–Kier alpha value is -4.14. The third-order valence-electron chi connectivity index (χ3n) is 4.44. The van der Waals surface area contributed by atoms with Gasteiger partial charge in [-0.05, 0) is 11.1 Å². The molecule has 9 nitrogen and oxygen atoms in total. The molecular weight excluding hydrogens is 342 g/mol. The van der Waals surface area contributed by atoms with E-state index >= 15 is 0 Å². The summed E-state index contributed by atoms with van der Waals surface area (Å²) in [4.78, 5) is 13.3. The van der Waals surface area contributed by atoms with Crippen molar-refractivity contribution >= 4 is 16.9 Å². The van der Waals surface area contributed by atoms with Gasteiger partial charge in [0.2, 0.25) is 0 Å². The number of nitrogens with zero attached hydrogens (tertiary/aromatic N) is 9. The third kappa shape index (κ3) is 2.18. The summed E-state index contributed by atoms with van der Waals surface area (Å²) in [6, 6.07) is 5.74. The molecule has 9 heteroatoms. The molecular formula is C18H12N9+. The lowest BCUT2D eigenvalue weighted by Crippen LogP contribution is -2.30. The summed E-state index contributed by atoms with van der Waals surface area (Å²) >= 11 is 0. The zero-order valence-corrected chi connectivity index (χ0v) is 14.0. The highest BCUT2D eigenvalue weighted by Gasteiger charge is 2.16. The Balaban J connectivity index is 1.46. The van der Waals surface area contributed by atoms with Gasteiger partial charge in [-0.25, -0.2) is 14.5 Å². The van der Waals surface area contributed by atoms with E-state index in [4.69, 9.17) is 4.98 Å². The van der Waals surface area contributed by atoms with E-state index in [0.717, 1.165) is 34.0 Å². The molecule has 6 rings (SSSR count). The van der Waals surface area contributed by atoms with E-state index in [1.807, 2.05) is 64.3 Å². The molecule has 0 amide bonds. The first kappa shape index (κ1) is 14.1. The van der Waals surface area contributed by atoms with E-state index in [0.29, 0.717) is 0 Å². The molecule has 0 fully saturated rings. The van der Waals surface area contributed by atoms with Crippen LogP contribution in [0.15, 0.2) is 74.0 Å². The van der Waals surface area contributed by atoms with Crippen molar-refractivity contribution in [3.05, 3.63) is 74.0 Å². The third-order valence-corrected chi connectivity index (χ3v) is 4.44. The standard InChI is InChI=1S/C18H12N9/c1-2-19-15-9-14(23-26(15)4-1)13-8-16-22-18(12-27(16)21-10-13)25-7-6-24-5-3-20-17(24)11-25/h1-12H/q+1. The highest BCUT2D eigenvalue weighted by molar-refractivity contribution is 5.66. The zero-order valence-electron chi connectivity index (χ0n) is 14.0. The van der Waals surface area contributed by atoms with Crippen LogP contribution in [0.3, 0.4) is 0 Å². The van der Waals surface area contributed by atoms with Crippen LogP contribution in [0.2, 0.25) is 0 Å². The van der Waals surface area contributed by atoms with E-state index < -0.39 is 0 Å². The molecule has 0 aliphatic carbocycles. The van der Waals surface area contributed by atoms with E-state index in [1.165, 1.54) is 0 Å². The fourth-order valence-corrected chi connectivity index (χ4v) is 3.10. The van der Waals surface area contributed by atoms with E-state index in [-0.39, 0.29) is 0 Å². The van der Waals surface area contributed by atoms with Crippen LogP contribution in [-0.2, 0) is 0 Å². The Morgan fingerprint density at radius 2 is 1.85 bits per heavy atom. The molecule has 128 valence electrons. The monoisotopic (exact) mass is 354 g/mol. The van der Waals surface area contributed by atoms with Crippen molar-refractivity contribution in [2.45, 2.75) is 0 Å². The van der Waals surface area contributed by atoms with Gasteiger partial charge in [0.25, 0.3) is 5.65 Å². The number of imidazole rings is 2. The van der Waals surface area contributed by atoms with Crippen molar-refractivity contribution < 1.29 is 4.57 Å². The summed E-state index contributed by atoms with van der Waals surface area (Å²) < 4.78 is 7.35. The van der Waals surface area contributed by atoms with Gasteiger partial charge in [-0.15, -0.1) is 0 Å². The van der Waals surface area contributed by atoms with Gasteiger partial charge in [0.05, 0.1) is 18.1 Å². The first-order valence-corrected chi connectivity index (χ1v) is 8.34. The maximum Gasteiger partial charge on any atom is 0.349 e. The van der Waals surface area contributed by atoms with Crippen molar-refractivity contribution in [1.82, 2.24) is 38.6 Å². The number of hydrogen-bond donors (Lipinski definition) is 0. The molecule has 0 N–H and O–H groups in total. The summed E-state index contributed by atoms with van der Waals surface area (Å²) in [5.41, 5.74) is 4.07. The van der Waals surface area contributed by atoms with E-state index in [1.54, 1.807) is 27.6 Å². The smallest absolute Gasteiger partial charge is 0.300 e. The number of fused-ring (bicyclic) bond motifs is 3. The zero-order chi connectivity index (χ0) is 17.8. The van der Waals surface area contributed by atoms with Gasteiger partial charge in [-0.2, -0.15) is 19.3 Å². The molecule has 6 aromatic heterocycles. The van der Waals surface area contributed by atoms with Crippen molar-refractivity contribution in [1.29, 1.82) is 0 Å². The maximum atomic E-state index is 4.69. The Kier molecular flexibility index (Phi) is 2.70. The first-order valence-electron chi connectivity index (χ1n) is 8.34. The van der Waals surface area contributed by atoms with Gasteiger partial charge in [0.1, 0.15) is 18.6 Å². The molecule has 0 radical (unpaired) electrons. The highest BCUT2D eigenvalue weighted by Crippen LogP contribution is 2.19. The normalized spacial score (nSPS) is 11.7. The SMILES string of the molecule is c1cnc2cc(-c3cnn4cc(-[n+]5ccn6ccnc6c5)nc4c3)nn2c1. The van der Waals surface area contributed by atoms with Crippen LogP contribution < -0.4 is 4.57 Å². The predicted octanol–water partition coefficient (Wildman–Crippen LogP) is 1.36. The number of aromatic nitrogens is 9. The molecule has 0 saturated heterocycles. The van der Waals surface area contributed by atoms with Crippen LogP contribution in [0.25, 0.3) is 34.0 Å². The largest absolute Gasteiger partial charge is 0.349 e. The number of hydrogen-bond acceptors (Lipinski definition) is 5. The fraction of sp³-hybridized carbons (Fsp3) is 0. The second kappa shape index (κ2) is 5.18. The molecule has 0 spiro atoms. The molecule has 0 aromatic carbocycles. The van der Waals surface area contributed by atoms with E-state index in [2.05, 4.69) is 20.2 Å². The Morgan fingerprint density at radius 3 is 2.81 bits per heavy atom. The summed E-state index contributed by atoms with van der Waals surface area (Å²) in [6.45, 7) is 0. The van der Waals surface area contributed by atoms with Crippen molar-refractivity contribution in [3.63, 3.8) is 0 Å². The quantitative estimate of drug-likeness (QED) is 0.439. The lowest BCUT2D eigenvalue weighted by atomic mass is 10.2. The first-order chi connectivity index (χ1) is 13.3. The van der Waals surface area contributed by atoms with Crippen molar-refractivity contribution in [3.8, 4) is 17.1 Å². The Bertz CT molecular complexity index is 1410. The van der Waals surface area contributed by atoms with E-state index in [9.17, 15) is 0 Å². The topological polar surface area (TPSA) is 81.6 Å². The second-order valence-corrected chi connectivity index (χ2v) is 6.13. The molecule has 0 aliphatic heterocycles. The van der Waals surface area contributed by atoms with Gasteiger partial charge in [0.15, 0.2) is 11.3 Å². The van der Waals surface area contributed by atoms with Crippen molar-refractivity contribution in [2.24, 2.45) is 0 Å². The molecule has 6 heterocycles. The van der Waals surface area contributed by atoms with Crippen LogP contribution >= 0.6 is 0 Å². The summed E-state index contributed by atoms with van der Waals surface area (Å²) in [5.74, 6) is 0.766. The highest BCUT2D eigenvalue weighted by atomic mass is 15.3. The van der Waals surface area contributed by atoms with Gasteiger partial charge in [0, 0.05) is 42.5 Å². The molecule has 0 aliphatic rings. The fourth-order valence-electron chi connectivity index (χ4n) is 3.10. The lowest BCUT2D eigenvalue weighted by molar-refractivity contribution is -0.598. The van der Waals surface area contributed by atoms with Crippen LogP contribution in [0.1, 0.15) is 0 Å². The Morgan fingerprint density at radius 1 is 0.889 bits per heavy atom. The summed E-state index contributed by atoms with van der Waals surface area (Å²) in [7, 11) is 0. The van der Waals surface area contributed by atoms with Gasteiger partial charge < -0.3 is 4.40 Å². The molecule has 0 bridgehead atoms. The molecule has 0 atom stereocenters. The minimum Gasteiger partial charge on any atom is -0.300 e. The average molecular weight is 354 g/mol. The van der Waals surface area contributed by atoms with Crippen molar-refractivity contribution in [2.75, 3.05) is 0 Å². The maximum absolute atomic E-state index is 4.69. The van der Waals surface area contributed by atoms with Crippen LogP contribution in [0.5, 0.6) is 0 Å². The average Bonchev–Trinajstić information content (AvgIpc) is 3.42. The van der Waals surface area contributed by atoms with Crippen LogP contribution in [0, 0.1) is 0 Å². The van der Waals surface area contributed by atoms with Gasteiger partial charge in [-0.1, -0.05) is 0 Å². The van der Waals surface area contributed by atoms with Gasteiger partial charge in [-0.3, -0.25) is 0 Å². The van der Waals surface area contributed by atoms with Crippen LogP contribution in [0.4, 0.5) is 0 Å². The minimum absolute atomic E-state index is 0.739. The number of rotatable bonds is 2. The lowest BCUT2D eigenvalue weighted by Gasteiger charge is -1.94. The predicted molar refractivity (Wildman–Crippen MR) is 95.3 cm³/mol. The minimum atomic E-state index is 0.739. The molecule has 6 aromatic rings. The Labute approximate surface area is 151 Å². The molecule has 0 unspecified atom stereocenters. The molecule has 0 saturated carbocycles. The van der Waals surface area contributed by atoms with Gasteiger partial charge >= 0.3 is 5.82 Å². The summed E-state index contributed by atoms with van der Waals surface area (Å²) in [5, 5.41) is 9.02. The van der Waals surface area contributed by atoms with Crippen LogP contribution in [-0.4, -0.2) is 38.6 Å². The summed E-state index contributed by atoms with van der Waals surface area (Å²) in [6.07, 6.45) is 16.7. The molecule has 27 heavy (non-hydrogen) atoms.